The number of rotatable bonds is 3. The molecule has 9 heteroatoms. The zero-order valence-corrected chi connectivity index (χ0v) is 10.2. The van der Waals surface area contributed by atoms with E-state index in [2.05, 4.69) is 9.72 Å². The third kappa shape index (κ3) is 3.43. The Labute approximate surface area is 107 Å². The average Bonchev–Trinajstić information content (AvgIpc) is 2.18. The van der Waals surface area contributed by atoms with E-state index in [9.17, 15) is 18.0 Å². The Hall–Kier alpha value is -1.10. The first kappa shape index (κ1) is 14.0. The number of alkyl halides is 3. The fourth-order valence-electron chi connectivity index (χ4n) is 1.02. The first-order chi connectivity index (χ1) is 7.76. The number of carboxylic acids is 1. The minimum atomic E-state index is -4.93. The van der Waals surface area contributed by atoms with E-state index in [0.717, 1.165) is 6.20 Å². The van der Waals surface area contributed by atoms with Crippen molar-refractivity contribution in [1.82, 2.24) is 4.98 Å². The zero-order valence-electron chi connectivity index (χ0n) is 8.08. The van der Waals surface area contributed by atoms with Crippen LogP contribution in [0, 0.1) is 3.57 Å². The number of carboxylic acid groups (broad SMARTS) is 1. The van der Waals surface area contributed by atoms with Crippen LogP contribution in [0.15, 0.2) is 6.20 Å². The fraction of sp³-hybridized carbons (Fsp3) is 0.250. The van der Waals surface area contributed by atoms with E-state index in [0.29, 0.717) is 0 Å². The Morgan fingerprint density at radius 2 is 2.18 bits per heavy atom. The van der Waals surface area contributed by atoms with Crippen molar-refractivity contribution >= 4 is 28.6 Å². The number of halogens is 4. The molecule has 0 aliphatic carbocycles. The zero-order chi connectivity index (χ0) is 13.2. The Balaban J connectivity index is 3.32. The monoisotopic (exact) mass is 362 g/mol. The number of hydrogen-bond acceptors (Lipinski definition) is 4. The highest BCUT2D eigenvalue weighted by atomic mass is 127. The maximum Gasteiger partial charge on any atom is 0.573 e. The Morgan fingerprint density at radius 1 is 1.59 bits per heavy atom. The molecule has 0 fully saturated rings. The topological polar surface area (TPSA) is 85.4 Å². The summed E-state index contributed by atoms with van der Waals surface area (Å²) in [5.74, 6) is -2.06. The number of aromatic nitrogens is 1. The van der Waals surface area contributed by atoms with Gasteiger partial charge in [-0.15, -0.1) is 13.2 Å². The molecule has 1 rings (SSSR count). The number of nitrogens with two attached hydrogens (primary N) is 1. The number of hydrogen-bond donors (Lipinski definition) is 2. The van der Waals surface area contributed by atoms with Crippen LogP contribution in [0.25, 0.3) is 0 Å². The Kier molecular flexibility index (Phi) is 4.14. The lowest BCUT2D eigenvalue weighted by atomic mass is 10.2. The fourth-order valence-corrected chi connectivity index (χ4v) is 1.81. The standard InChI is InChI=1S/C8H6F3IN2O3/c9-8(10,11)17-6-4(1-13)14-2-3(5(6)12)7(15)16/h2H,1,13H2,(H,15,16). The normalized spacial score (nSPS) is 11.4. The highest BCUT2D eigenvalue weighted by Gasteiger charge is 2.34. The summed E-state index contributed by atoms with van der Waals surface area (Å²) < 4.78 is 39.9. The maximum absolute atomic E-state index is 12.1. The van der Waals surface area contributed by atoms with Gasteiger partial charge in [0.2, 0.25) is 0 Å². The lowest BCUT2D eigenvalue weighted by Gasteiger charge is -2.14. The van der Waals surface area contributed by atoms with Crippen molar-refractivity contribution in [2.75, 3.05) is 0 Å². The molecule has 0 atom stereocenters. The van der Waals surface area contributed by atoms with Crippen LogP contribution < -0.4 is 10.5 Å². The van der Waals surface area contributed by atoms with Crippen LogP contribution in [0.5, 0.6) is 5.75 Å². The number of ether oxygens (including phenoxy) is 1. The summed E-state index contributed by atoms with van der Waals surface area (Å²) in [6, 6.07) is 0. The Morgan fingerprint density at radius 3 is 2.59 bits per heavy atom. The van der Waals surface area contributed by atoms with Crippen LogP contribution in [-0.4, -0.2) is 22.4 Å². The molecule has 0 amide bonds. The molecule has 0 saturated carbocycles. The van der Waals surface area contributed by atoms with Crippen LogP contribution in [0.3, 0.4) is 0 Å². The van der Waals surface area contributed by atoms with Crippen LogP contribution in [-0.2, 0) is 6.54 Å². The van der Waals surface area contributed by atoms with Crippen molar-refractivity contribution in [3.05, 3.63) is 21.0 Å². The molecule has 5 nitrogen and oxygen atoms in total. The molecule has 0 bridgehead atoms. The van der Waals surface area contributed by atoms with Gasteiger partial charge >= 0.3 is 12.3 Å². The minimum Gasteiger partial charge on any atom is -0.478 e. The molecule has 0 saturated heterocycles. The lowest BCUT2D eigenvalue weighted by molar-refractivity contribution is -0.275. The van der Waals surface area contributed by atoms with Gasteiger partial charge in [0.15, 0.2) is 5.75 Å². The van der Waals surface area contributed by atoms with E-state index >= 15 is 0 Å². The summed E-state index contributed by atoms with van der Waals surface area (Å²) in [5, 5.41) is 8.74. The average molecular weight is 362 g/mol. The van der Waals surface area contributed by atoms with Gasteiger partial charge in [-0.05, 0) is 22.6 Å². The molecule has 1 aromatic rings. The first-order valence-corrected chi connectivity index (χ1v) is 5.20. The molecular weight excluding hydrogens is 356 g/mol. The van der Waals surface area contributed by atoms with E-state index < -0.39 is 18.1 Å². The van der Waals surface area contributed by atoms with Crippen molar-refractivity contribution in [2.24, 2.45) is 5.73 Å². The van der Waals surface area contributed by atoms with Gasteiger partial charge in [-0.3, -0.25) is 4.98 Å². The van der Waals surface area contributed by atoms with E-state index in [4.69, 9.17) is 10.8 Å². The van der Waals surface area contributed by atoms with Crippen molar-refractivity contribution in [3.63, 3.8) is 0 Å². The third-order valence-electron chi connectivity index (χ3n) is 1.69. The summed E-state index contributed by atoms with van der Waals surface area (Å²) in [7, 11) is 0. The first-order valence-electron chi connectivity index (χ1n) is 4.12. The number of carbonyl (C=O) groups is 1. The number of aromatic carboxylic acids is 1. The minimum absolute atomic E-state index is 0.156. The second kappa shape index (κ2) is 5.04. The van der Waals surface area contributed by atoms with Crippen LogP contribution in [0.4, 0.5) is 13.2 Å². The third-order valence-corrected chi connectivity index (χ3v) is 2.76. The van der Waals surface area contributed by atoms with Crippen molar-refractivity contribution in [2.45, 2.75) is 12.9 Å². The molecular formula is C8H6F3IN2O3. The smallest absolute Gasteiger partial charge is 0.478 e. The molecule has 0 unspecified atom stereocenters. The molecule has 0 aliphatic heterocycles. The van der Waals surface area contributed by atoms with Crippen molar-refractivity contribution in [3.8, 4) is 5.75 Å². The van der Waals surface area contributed by atoms with Gasteiger partial charge in [-0.1, -0.05) is 0 Å². The maximum atomic E-state index is 12.1. The molecule has 0 aliphatic rings. The van der Waals surface area contributed by atoms with E-state index in [-0.39, 0.29) is 21.4 Å². The lowest BCUT2D eigenvalue weighted by Crippen LogP contribution is -2.21. The van der Waals surface area contributed by atoms with Gasteiger partial charge in [0.25, 0.3) is 0 Å². The van der Waals surface area contributed by atoms with Crippen molar-refractivity contribution in [1.29, 1.82) is 0 Å². The molecule has 94 valence electrons. The summed E-state index contributed by atoms with van der Waals surface area (Å²) in [6.07, 6.45) is -3.99. The molecule has 0 aromatic carbocycles. The molecule has 0 spiro atoms. The predicted octanol–water partition coefficient (Wildman–Crippen LogP) is 1.74. The molecule has 0 radical (unpaired) electrons. The highest BCUT2D eigenvalue weighted by molar-refractivity contribution is 14.1. The van der Waals surface area contributed by atoms with E-state index in [1.54, 1.807) is 0 Å². The number of nitrogens with zero attached hydrogens (tertiary/aromatic N) is 1. The van der Waals surface area contributed by atoms with Gasteiger partial charge < -0.3 is 15.6 Å². The second-order valence-corrected chi connectivity index (χ2v) is 3.90. The highest BCUT2D eigenvalue weighted by Crippen LogP contribution is 2.32. The van der Waals surface area contributed by atoms with Gasteiger partial charge in [0.1, 0.15) is 0 Å². The van der Waals surface area contributed by atoms with Gasteiger partial charge in [0, 0.05) is 12.7 Å². The summed E-state index contributed by atoms with van der Waals surface area (Å²) in [4.78, 5) is 14.3. The Bertz CT molecular complexity index is 450. The van der Waals surface area contributed by atoms with Crippen LogP contribution in [0.2, 0.25) is 0 Å². The van der Waals surface area contributed by atoms with E-state index in [1.807, 2.05) is 0 Å². The summed E-state index contributed by atoms with van der Waals surface area (Å²) in [6.45, 7) is -0.290. The largest absolute Gasteiger partial charge is 0.573 e. The van der Waals surface area contributed by atoms with Gasteiger partial charge in [0.05, 0.1) is 14.8 Å². The number of pyridine rings is 1. The second-order valence-electron chi connectivity index (χ2n) is 2.82. The van der Waals surface area contributed by atoms with Crippen LogP contribution in [0.1, 0.15) is 16.1 Å². The SMILES string of the molecule is NCc1ncc(C(=O)O)c(I)c1OC(F)(F)F. The predicted molar refractivity (Wildman–Crippen MR) is 58.5 cm³/mol. The molecule has 3 N–H and O–H groups in total. The van der Waals surface area contributed by atoms with Crippen LogP contribution >= 0.6 is 22.6 Å². The van der Waals surface area contributed by atoms with Crippen molar-refractivity contribution < 1.29 is 27.8 Å². The molecule has 1 aromatic heterocycles. The quantitative estimate of drug-likeness (QED) is 0.801. The van der Waals surface area contributed by atoms with E-state index in [1.165, 1.54) is 22.6 Å². The van der Waals surface area contributed by atoms with Gasteiger partial charge in [-0.2, -0.15) is 0 Å². The summed E-state index contributed by atoms with van der Waals surface area (Å²) in [5.41, 5.74) is 4.68. The molecule has 17 heavy (non-hydrogen) atoms. The molecule has 1 heterocycles. The van der Waals surface area contributed by atoms with Gasteiger partial charge in [-0.25, -0.2) is 4.79 Å². The summed E-state index contributed by atoms with van der Waals surface area (Å²) >= 11 is 1.44.